The van der Waals surface area contributed by atoms with Gasteiger partial charge in [0.05, 0.1) is 21.3 Å². The van der Waals surface area contributed by atoms with Gasteiger partial charge in [0.1, 0.15) is 0 Å². The van der Waals surface area contributed by atoms with E-state index in [-0.39, 0.29) is 5.78 Å². The lowest BCUT2D eigenvalue weighted by atomic mass is 10.0. The van der Waals surface area contributed by atoms with Crippen LogP contribution in [0.5, 0.6) is 17.2 Å². The zero-order chi connectivity index (χ0) is 19.3. The van der Waals surface area contributed by atoms with E-state index >= 15 is 0 Å². The second-order valence-electron chi connectivity index (χ2n) is 6.06. The maximum absolute atomic E-state index is 12.8. The number of ketones is 1. The van der Waals surface area contributed by atoms with E-state index in [1.807, 2.05) is 49.3 Å². The van der Waals surface area contributed by atoms with Crippen molar-refractivity contribution in [1.29, 1.82) is 0 Å². The molecule has 0 aromatic heterocycles. The van der Waals surface area contributed by atoms with Crippen molar-refractivity contribution in [3.8, 4) is 17.2 Å². The molecule has 138 valence electrons. The SMILES string of the molecule is COc1cc(C(=O)C(C)=Cc2ccc(N(C)C)cc2)cc(OC)c1OC. The van der Waals surface area contributed by atoms with Gasteiger partial charge in [-0.15, -0.1) is 0 Å². The van der Waals surface area contributed by atoms with Crippen LogP contribution in [-0.4, -0.2) is 41.2 Å². The van der Waals surface area contributed by atoms with Gasteiger partial charge in [0.2, 0.25) is 5.75 Å². The summed E-state index contributed by atoms with van der Waals surface area (Å²) in [4.78, 5) is 14.9. The number of carbonyl (C=O) groups excluding carboxylic acids is 1. The largest absolute Gasteiger partial charge is 0.493 e. The second-order valence-corrected chi connectivity index (χ2v) is 6.06. The minimum atomic E-state index is -0.0964. The van der Waals surface area contributed by atoms with E-state index in [2.05, 4.69) is 0 Å². The molecule has 0 aliphatic rings. The quantitative estimate of drug-likeness (QED) is 0.554. The molecule has 5 nitrogen and oxygen atoms in total. The molecule has 0 N–H and O–H groups in total. The highest BCUT2D eigenvalue weighted by molar-refractivity contribution is 6.11. The first-order valence-corrected chi connectivity index (χ1v) is 8.21. The fourth-order valence-electron chi connectivity index (χ4n) is 2.62. The normalized spacial score (nSPS) is 11.1. The van der Waals surface area contributed by atoms with Crippen LogP contribution in [0.2, 0.25) is 0 Å². The summed E-state index contributed by atoms with van der Waals surface area (Å²) in [7, 11) is 8.57. The minimum Gasteiger partial charge on any atom is -0.493 e. The monoisotopic (exact) mass is 355 g/mol. The van der Waals surface area contributed by atoms with Gasteiger partial charge in [-0.05, 0) is 48.4 Å². The molecular weight excluding hydrogens is 330 g/mol. The third kappa shape index (κ3) is 4.17. The molecule has 0 saturated heterocycles. The molecule has 0 amide bonds. The van der Waals surface area contributed by atoms with Gasteiger partial charge in [-0.3, -0.25) is 4.79 Å². The summed E-state index contributed by atoms with van der Waals surface area (Å²) in [5.41, 5.74) is 3.18. The number of rotatable bonds is 7. The molecule has 2 aromatic carbocycles. The molecule has 0 aliphatic heterocycles. The lowest BCUT2D eigenvalue weighted by Crippen LogP contribution is -2.08. The molecule has 0 atom stereocenters. The predicted octanol–water partition coefficient (Wildman–Crippen LogP) is 4.06. The first-order chi connectivity index (χ1) is 12.4. The van der Waals surface area contributed by atoms with Crippen molar-refractivity contribution in [2.24, 2.45) is 0 Å². The van der Waals surface area contributed by atoms with Gasteiger partial charge < -0.3 is 19.1 Å². The van der Waals surface area contributed by atoms with Crippen LogP contribution in [-0.2, 0) is 0 Å². The Morgan fingerprint density at radius 2 is 1.46 bits per heavy atom. The van der Waals surface area contributed by atoms with E-state index in [0.717, 1.165) is 11.3 Å². The number of allylic oxidation sites excluding steroid dienone is 1. The Balaban J connectivity index is 2.35. The maximum Gasteiger partial charge on any atom is 0.203 e. The zero-order valence-corrected chi connectivity index (χ0v) is 16.1. The summed E-state index contributed by atoms with van der Waals surface area (Å²) in [5.74, 6) is 1.28. The van der Waals surface area contributed by atoms with E-state index in [4.69, 9.17) is 14.2 Å². The number of hydrogen-bond acceptors (Lipinski definition) is 5. The van der Waals surface area contributed by atoms with Crippen LogP contribution in [0.25, 0.3) is 6.08 Å². The van der Waals surface area contributed by atoms with Crippen LogP contribution in [0, 0.1) is 0 Å². The highest BCUT2D eigenvalue weighted by Crippen LogP contribution is 2.38. The average molecular weight is 355 g/mol. The minimum absolute atomic E-state index is 0.0964. The molecular formula is C21H25NO4. The van der Waals surface area contributed by atoms with Gasteiger partial charge in [-0.2, -0.15) is 0 Å². The molecule has 2 rings (SSSR count). The topological polar surface area (TPSA) is 48.0 Å². The van der Waals surface area contributed by atoms with Gasteiger partial charge in [-0.1, -0.05) is 12.1 Å². The molecule has 0 spiro atoms. The van der Waals surface area contributed by atoms with Crippen molar-refractivity contribution >= 4 is 17.5 Å². The highest BCUT2D eigenvalue weighted by Gasteiger charge is 2.17. The summed E-state index contributed by atoms with van der Waals surface area (Å²) in [6, 6.07) is 11.3. The van der Waals surface area contributed by atoms with E-state index in [1.54, 1.807) is 19.1 Å². The molecule has 0 saturated carbocycles. The zero-order valence-electron chi connectivity index (χ0n) is 16.1. The Morgan fingerprint density at radius 1 is 0.923 bits per heavy atom. The third-order valence-corrected chi connectivity index (χ3v) is 4.08. The van der Waals surface area contributed by atoms with Crippen LogP contribution in [0.1, 0.15) is 22.8 Å². The molecule has 0 bridgehead atoms. The standard InChI is InChI=1S/C21H25NO4/c1-14(11-15-7-9-17(10-8-15)22(2)3)20(23)16-12-18(24-4)21(26-6)19(13-16)25-5/h7-13H,1-6H3. The van der Waals surface area contributed by atoms with Gasteiger partial charge in [0.25, 0.3) is 0 Å². The number of carbonyl (C=O) groups is 1. The van der Waals surface area contributed by atoms with E-state index in [0.29, 0.717) is 28.4 Å². The van der Waals surface area contributed by atoms with E-state index < -0.39 is 0 Å². The van der Waals surface area contributed by atoms with Crippen LogP contribution in [0.3, 0.4) is 0 Å². The second kappa shape index (κ2) is 8.43. The fraction of sp³-hybridized carbons (Fsp3) is 0.286. The highest BCUT2D eigenvalue weighted by atomic mass is 16.5. The lowest BCUT2D eigenvalue weighted by molar-refractivity contribution is 0.103. The van der Waals surface area contributed by atoms with Crippen molar-refractivity contribution < 1.29 is 19.0 Å². The first-order valence-electron chi connectivity index (χ1n) is 8.21. The number of hydrogen-bond donors (Lipinski definition) is 0. The number of Topliss-reactive ketones (excluding diaryl/α,β-unsaturated/α-hetero) is 1. The van der Waals surface area contributed by atoms with Crippen molar-refractivity contribution in [2.75, 3.05) is 40.3 Å². The first kappa shape index (κ1) is 19.4. The number of anilines is 1. The smallest absolute Gasteiger partial charge is 0.203 e. The number of methoxy groups -OCH3 is 3. The summed E-state index contributed by atoms with van der Waals surface area (Å²) >= 11 is 0. The number of ether oxygens (including phenoxy) is 3. The average Bonchev–Trinajstić information content (AvgIpc) is 2.66. The van der Waals surface area contributed by atoms with Crippen LogP contribution in [0.4, 0.5) is 5.69 Å². The van der Waals surface area contributed by atoms with Gasteiger partial charge >= 0.3 is 0 Å². The number of benzene rings is 2. The molecule has 5 heteroatoms. The fourth-order valence-corrected chi connectivity index (χ4v) is 2.62. The summed E-state index contributed by atoms with van der Waals surface area (Å²) in [6.07, 6.45) is 1.87. The Hall–Kier alpha value is -2.95. The van der Waals surface area contributed by atoms with Crippen LogP contribution in [0.15, 0.2) is 42.0 Å². The van der Waals surface area contributed by atoms with Gasteiger partial charge in [0.15, 0.2) is 17.3 Å². The molecule has 26 heavy (non-hydrogen) atoms. The Bertz CT molecular complexity index is 782. The Morgan fingerprint density at radius 3 is 1.88 bits per heavy atom. The third-order valence-electron chi connectivity index (χ3n) is 4.08. The molecule has 0 unspecified atom stereocenters. The van der Waals surface area contributed by atoms with Crippen LogP contribution < -0.4 is 19.1 Å². The van der Waals surface area contributed by atoms with E-state index in [9.17, 15) is 4.79 Å². The molecule has 0 radical (unpaired) electrons. The van der Waals surface area contributed by atoms with Crippen LogP contribution >= 0.6 is 0 Å². The maximum atomic E-state index is 12.8. The summed E-state index contributed by atoms with van der Waals surface area (Å²) in [6.45, 7) is 1.80. The molecule has 0 heterocycles. The number of nitrogens with zero attached hydrogens (tertiary/aromatic N) is 1. The molecule has 0 fully saturated rings. The van der Waals surface area contributed by atoms with Crippen molar-refractivity contribution in [3.05, 3.63) is 53.1 Å². The predicted molar refractivity (Wildman–Crippen MR) is 105 cm³/mol. The molecule has 0 aliphatic carbocycles. The van der Waals surface area contributed by atoms with Crippen molar-refractivity contribution in [3.63, 3.8) is 0 Å². The van der Waals surface area contributed by atoms with Gasteiger partial charge in [0, 0.05) is 25.3 Å². The van der Waals surface area contributed by atoms with E-state index in [1.165, 1.54) is 21.3 Å². The van der Waals surface area contributed by atoms with Crippen molar-refractivity contribution in [2.45, 2.75) is 6.92 Å². The summed E-state index contributed by atoms with van der Waals surface area (Å²) in [5, 5.41) is 0. The van der Waals surface area contributed by atoms with Crippen molar-refractivity contribution in [1.82, 2.24) is 0 Å². The van der Waals surface area contributed by atoms with Gasteiger partial charge in [-0.25, -0.2) is 0 Å². The lowest BCUT2D eigenvalue weighted by Gasteiger charge is -2.14. The summed E-state index contributed by atoms with van der Waals surface area (Å²) < 4.78 is 15.9. The Kier molecular flexibility index (Phi) is 6.28. The molecule has 2 aromatic rings. The Labute approximate surface area is 154 Å².